The van der Waals surface area contributed by atoms with Gasteiger partial charge in [0.15, 0.2) is 6.10 Å². The summed E-state index contributed by atoms with van der Waals surface area (Å²) < 4.78 is 6.03. The number of carbonyl (C=O) groups is 1. The maximum Gasteiger partial charge on any atom is 0.263 e. The highest BCUT2D eigenvalue weighted by Crippen LogP contribution is 2.36. The van der Waals surface area contributed by atoms with E-state index in [0.717, 1.165) is 38.0 Å². The maximum absolute atomic E-state index is 12.0. The van der Waals surface area contributed by atoms with Crippen molar-refractivity contribution in [2.24, 2.45) is 0 Å². The molecule has 1 aromatic rings. The first kappa shape index (κ1) is 13.4. The van der Waals surface area contributed by atoms with E-state index in [9.17, 15) is 4.79 Å². The fourth-order valence-electron chi connectivity index (χ4n) is 3.28. The third-order valence-electron chi connectivity index (χ3n) is 4.46. The molecular formula is C16H22N2O2. The van der Waals surface area contributed by atoms with Crippen LogP contribution < -0.4 is 10.1 Å². The number of ether oxygens (including phenoxy) is 1. The Morgan fingerprint density at radius 2 is 2.20 bits per heavy atom. The second-order valence-corrected chi connectivity index (χ2v) is 5.71. The van der Waals surface area contributed by atoms with Crippen LogP contribution in [0.15, 0.2) is 18.2 Å². The number of rotatable bonds is 3. The summed E-state index contributed by atoms with van der Waals surface area (Å²) in [7, 11) is 3.84. The Morgan fingerprint density at radius 3 is 2.90 bits per heavy atom. The minimum absolute atomic E-state index is 0.101. The molecule has 3 rings (SSSR count). The molecule has 1 saturated heterocycles. The molecule has 0 aromatic heterocycles. The van der Waals surface area contributed by atoms with Gasteiger partial charge in [0, 0.05) is 26.1 Å². The van der Waals surface area contributed by atoms with Gasteiger partial charge in [-0.25, -0.2) is 0 Å². The number of nitrogens with one attached hydrogen (secondary N) is 1. The molecule has 0 saturated carbocycles. The van der Waals surface area contributed by atoms with Crippen LogP contribution in [-0.2, 0) is 11.2 Å². The van der Waals surface area contributed by atoms with Crippen molar-refractivity contribution in [3.63, 3.8) is 0 Å². The number of amides is 1. The van der Waals surface area contributed by atoms with Gasteiger partial charge in [0.1, 0.15) is 5.75 Å². The molecule has 2 atom stereocenters. The number of likely N-dealkylation sites (tertiary alicyclic amines) is 1. The molecular weight excluding hydrogens is 252 g/mol. The van der Waals surface area contributed by atoms with E-state index in [1.165, 1.54) is 11.1 Å². The number of hydrogen-bond donors (Lipinski definition) is 1. The van der Waals surface area contributed by atoms with Crippen LogP contribution in [0, 0.1) is 0 Å². The van der Waals surface area contributed by atoms with Gasteiger partial charge in [-0.1, -0.05) is 12.1 Å². The topological polar surface area (TPSA) is 41.6 Å². The lowest BCUT2D eigenvalue weighted by atomic mass is 9.87. The highest BCUT2D eigenvalue weighted by molar-refractivity contribution is 5.83. The minimum atomic E-state index is -0.304. The van der Waals surface area contributed by atoms with E-state index in [1.807, 2.05) is 26.2 Å². The van der Waals surface area contributed by atoms with Crippen molar-refractivity contribution in [3.05, 3.63) is 29.3 Å². The van der Waals surface area contributed by atoms with Crippen LogP contribution in [0.4, 0.5) is 0 Å². The molecule has 4 heteroatoms. The Morgan fingerprint density at radius 1 is 1.35 bits per heavy atom. The van der Waals surface area contributed by atoms with Crippen LogP contribution in [0.3, 0.4) is 0 Å². The summed E-state index contributed by atoms with van der Waals surface area (Å²) in [6, 6.07) is 6.62. The first-order valence-electron chi connectivity index (χ1n) is 7.41. The van der Waals surface area contributed by atoms with Gasteiger partial charge in [0.25, 0.3) is 5.91 Å². The number of likely N-dealkylation sites (N-methyl/N-ethyl adjacent to an activating group) is 1. The molecule has 2 aliphatic rings. The second kappa shape index (κ2) is 5.44. The van der Waals surface area contributed by atoms with Crippen LogP contribution in [0.1, 0.15) is 36.4 Å². The minimum Gasteiger partial charge on any atom is -0.480 e. The molecule has 1 N–H and O–H groups in total. The largest absolute Gasteiger partial charge is 0.480 e. The molecule has 0 bridgehead atoms. The van der Waals surface area contributed by atoms with Crippen molar-refractivity contribution in [1.82, 2.24) is 10.2 Å². The van der Waals surface area contributed by atoms with E-state index in [1.54, 1.807) is 4.90 Å². The van der Waals surface area contributed by atoms with E-state index in [-0.39, 0.29) is 12.0 Å². The van der Waals surface area contributed by atoms with Gasteiger partial charge < -0.3 is 15.0 Å². The van der Waals surface area contributed by atoms with Crippen LogP contribution in [-0.4, -0.2) is 37.6 Å². The van der Waals surface area contributed by atoms with Gasteiger partial charge in [-0.3, -0.25) is 4.79 Å². The lowest BCUT2D eigenvalue weighted by molar-refractivity contribution is -0.132. The molecule has 0 radical (unpaired) electrons. The molecule has 4 nitrogen and oxygen atoms in total. The normalized spacial score (nSPS) is 25.7. The highest BCUT2D eigenvalue weighted by atomic mass is 16.5. The van der Waals surface area contributed by atoms with E-state index in [4.69, 9.17) is 4.74 Å². The van der Waals surface area contributed by atoms with Crippen molar-refractivity contribution >= 4 is 5.91 Å². The monoisotopic (exact) mass is 274 g/mol. The Kier molecular flexibility index (Phi) is 3.66. The summed E-state index contributed by atoms with van der Waals surface area (Å²) in [6.07, 6.45) is 3.85. The average molecular weight is 274 g/mol. The van der Waals surface area contributed by atoms with Crippen molar-refractivity contribution < 1.29 is 9.53 Å². The summed E-state index contributed by atoms with van der Waals surface area (Å²) in [6.45, 7) is 0.789. The van der Waals surface area contributed by atoms with Crippen molar-refractivity contribution in [1.29, 1.82) is 0 Å². The number of fused-ring (bicyclic) bond motifs is 1. The predicted octanol–water partition coefficient (Wildman–Crippen LogP) is 1.89. The van der Waals surface area contributed by atoms with E-state index >= 15 is 0 Å². The molecule has 1 aliphatic carbocycles. The van der Waals surface area contributed by atoms with Gasteiger partial charge in [0.2, 0.25) is 0 Å². The van der Waals surface area contributed by atoms with Crippen LogP contribution >= 0.6 is 0 Å². The fraction of sp³-hybridized carbons (Fsp3) is 0.562. The third-order valence-corrected chi connectivity index (χ3v) is 4.46. The Bertz CT molecular complexity index is 515. The molecule has 1 aliphatic heterocycles. The number of benzene rings is 1. The van der Waals surface area contributed by atoms with E-state index < -0.39 is 0 Å². The predicted molar refractivity (Wildman–Crippen MR) is 77.9 cm³/mol. The van der Waals surface area contributed by atoms with Gasteiger partial charge in [-0.05, 0) is 43.5 Å². The van der Waals surface area contributed by atoms with E-state index in [2.05, 4.69) is 11.4 Å². The lowest BCUT2D eigenvalue weighted by Crippen LogP contribution is -2.30. The smallest absolute Gasteiger partial charge is 0.263 e. The fourth-order valence-corrected chi connectivity index (χ4v) is 3.28. The van der Waals surface area contributed by atoms with Crippen molar-refractivity contribution in [3.8, 4) is 5.75 Å². The van der Waals surface area contributed by atoms with Crippen LogP contribution in [0.5, 0.6) is 5.75 Å². The second-order valence-electron chi connectivity index (χ2n) is 5.71. The summed E-state index contributed by atoms with van der Waals surface area (Å²) in [5.74, 6) is 1.000. The zero-order valence-electron chi connectivity index (χ0n) is 12.2. The van der Waals surface area contributed by atoms with Crippen molar-refractivity contribution in [2.45, 2.75) is 37.8 Å². The summed E-state index contributed by atoms with van der Waals surface area (Å²) in [4.78, 5) is 13.7. The van der Waals surface area contributed by atoms with Crippen molar-refractivity contribution in [2.75, 3.05) is 20.6 Å². The van der Waals surface area contributed by atoms with Crippen LogP contribution in [0.25, 0.3) is 0 Å². The molecule has 1 aromatic carbocycles. The summed E-state index contributed by atoms with van der Waals surface area (Å²) in [5, 5.41) is 3.37. The number of hydrogen-bond acceptors (Lipinski definition) is 3. The molecule has 1 fully saturated rings. The van der Waals surface area contributed by atoms with Gasteiger partial charge in [0.05, 0.1) is 0 Å². The summed E-state index contributed by atoms with van der Waals surface area (Å²) >= 11 is 0. The Balaban J connectivity index is 1.86. The van der Waals surface area contributed by atoms with Gasteiger partial charge in [-0.2, -0.15) is 0 Å². The van der Waals surface area contributed by atoms with E-state index in [0.29, 0.717) is 6.04 Å². The third kappa shape index (κ3) is 2.29. The molecule has 108 valence electrons. The quantitative estimate of drug-likeness (QED) is 0.915. The summed E-state index contributed by atoms with van der Waals surface area (Å²) in [5.41, 5.74) is 2.61. The number of carbonyl (C=O) groups excluding carboxylic acids is 1. The molecule has 20 heavy (non-hydrogen) atoms. The Hall–Kier alpha value is -1.55. The van der Waals surface area contributed by atoms with Gasteiger partial charge in [-0.15, -0.1) is 0 Å². The molecule has 0 spiro atoms. The first-order valence-corrected chi connectivity index (χ1v) is 7.41. The SMILES string of the molecule is CNC1CCCc2c(OC3CCN(C)C3=O)cccc21. The molecule has 1 heterocycles. The number of nitrogens with zero attached hydrogens (tertiary/aromatic N) is 1. The first-order chi connectivity index (χ1) is 9.70. The standard InChI is InChI=1S/C16H22N2O2/c1-17-13-7-3-6-12-11(13)5-4-8-14(12)20-15-9-10-18(2)16(15)19/h4-5,8,13,15,17H,3,6-7,9-10H2,1-2H3. The molecule has 2 unspecified atom stereocenters. The maximum atomic E-state index is 12.0. The average Bonchev–Trinajstić information content (AvgIpc) is 2.79. The molecule has 1 amide bonds. The zero-order valence-corrected chi connectivity index (χ0v) is 12.2. The zero-order chi connectivity index (χ0) is 14.1. The van der Waals surface area contributed by atoms with Crippen LogP contribution in [0.2, 0.25) is 0 Å². The lowest BCUT2D eigenvalue weighted by Gasteiger charge is -2.27. The van der Waals surface area contributed by atoms with Gasteiger partial charge >= 0.3 is 0 Å². The highest BCUT2D eigenvalue weighted by Gasteiger charge is 2.32. The Labute approximate surface area is 120 Å².